The number of aromatic nitrogens is 2. The van der Waals surface area contributed by atoms with Crippen molar-refractivity contribution >= 4 is 15.7 Å². The molecule has 0 radical (unpaired) electrons. The largest absolute Gasteiger partial charge is 0.497 e. The molecule has 7 nitrogen and oxygen atoms in total. The lowest BCUT2D eigenvalue weighted by Gasteiger charge is -2.12. The summed E-state index contributed by atoms with van der Waals surface area (Å²) in [5.74, 6) is 0.954. The molecule has 1 heterocycles. The summed E-state index contributed by atoms with van der Waals surface area (Å²) in [5, 5.41) is 4.23. The van der Waals surface area contributed by atoms with Gasteiger partial charge in [0, 0.05) is 18.3 Å². The minimum atomic E-state index is -3.76. The zero-order valence-corrected chi connectivity index (χ0v) is 14.6. The Morgan fingerprint density at radius 1 is 1.22 bits per heavy atom. The normalized spacial score (nSPS) is 11.6. The molecule has 126 valence electrons. The molecule has 0 saturated heterocycles. The fraction of sp³-hybridized carbons (Fsp3) is 0.400. The number of anilines is 1. The minimum Gasteiger partial charge on any atom is -0.497 e. The van der Waals surface area contributed by atoms with Crippen LogP contribution in [0, 0.1) is 6.92 Å². The molecule has 2 rings (SSSR count). The fourth-order valence-corrected chi connectivity index (χ4v) is 3.32. The lowest BCUT2D eigenvalue weighted by molar-refractivity contribution is 0.395. The van der Waals surface area contributed by atoms with Gasteiger partial charge in [-0.05, 0) is 32.9 Å². The van der Waals surface area contributed by atoms with Crippen molar-refractivity contribution in [3.63, 3.8) is 0 Å². The Bertz CT molecular complexity index is 797. The number of sulfonamides is 1. The Balaban J connectivity index is 2.39. The standard InChI is InChI=1S/C15H21N3O4S/c1-10(2)18-9-15(11(3)16-18)23(19,20)17-13-7-6-12(21-4)8-14(13)22-5/h6-10,17H,1-5H3. The van der Waals surface area contributed by atoms with E-state index in [9.17, 15) is 8.42 Å². The summed E-state index contributed by atoms with van der Waals surface area (Å²) in [5.41, 5.74) is 0.781. The molecule has 0 aliphatic carbocycles. The average molecular weight is 339 g/mol. The first-order valence-electron chi connectivity index (χ1n) is 7.09. The molecule has 23 heavy (non-hydrogen) atoms. The Hall–Kier alpha value is -2.22. The van der Waals surface area contributed by atoms with Gasteiger partial charge in [0.2, 0.25) is 0 Å². The summed E-state index contributed by atoms with van der Waals surface area (Å²) in [7, 11) is -0.766. The van der Waals surface area contributed by atoms with Crippen LogP contribution in [-0.2, 0) is 10.0 Å². The molecule has 1 aromatic heterocycles. The third-order valence-corrected chi connectivity index (χ3v) is 4.81. The maximum absolute atomic E-state index is 12.6. The van der Waals surface area contributed by atoms with Crippen LogP contribution in [0.25, 0.3) is 0 Å². The quantitative estimate of drug-likeness (QED) is 0.875. The van der Waals surface area contributed by atoms with E-state index in [1.165, 1.54) is 20.4 Å². The SMILES string of the molecule is COc1ccc(NS(=O)(=O)c2cn(C(C)C)nc2C)c(OC)c1. The minimum absolute atomic E-state index is 0.0770. The van der Waals surface area contributed by atoms with Crippen LogP contribution in [0.1, 0.15) is 25.6 Å². The molecular formula is C15H21N3O4S. The van der Waals surface area contributed by atoms with Gasteiger partial charge in [-0.2, -0.15) is 5.10 Å². The van der Waals surface area contributed by atoms with Crippen LogP contribution in [0.3, 0.4) is 0 Å². The lowest BCUT2D eigenvalue weighted by Crippen LogP contribution is -2.14. The van der Waals surface area contributed by atoms with Crippen molar-refractivity contribution in [1.29, 1.82) is 0 Å². The van der Waals surface area contributed by atoms with Gasteiger partial charge in [-0.3, -0.25) is 9.40 Å². The van der Waals surface area contributed by atoms with Crippen LogP contribution in [0.4, 0.5) is 5.69 Å². The van der Waals surface area contributed by atoms with Gasteiger partial charge in [0.15, 0.2) is 0 Å². The smallest absolute Gasteiger partial charge is 0.265 e. The first-order chi connectivity index (χ1) is 10.8. The first kappa shape index (κ1) is 17.1. The van der Waals surface area contributed by atoms with Gasteiger partial charge in [-0.25, -0.2) is 8.42 Å². The molecule has 1 N–H and O–H groups in total. The number of nitrogens with zero attached hydrogens (tertiary/aromatic N) is 2. The number of ether oxygens (including phenoxy) is 2. The van der Waals surface area contributed by atoms with E-state index in [4.69, 9.17) is 9.47 Å². The van der Waals surface area contributed by atoms with Crippen LogP contribution in [0.2, 0.25) is 0 Å². The lowest BCUT2D eigenvalue weighted by atomic mass is 10.3. The average Bonchev–Trinajstić information content (AvgIpc) is 2.90. The fourth-order valence-electron chi connectivity index (χ4n) is 2.08. The molecule has 0 unspecified atom stereocenters. The molecule has 0 aliphatic heterocycles. The highest BCUT2D eigenvalue weighted by atomic mass is 32.2. The van der Waals surface area contributed by atoms with Crippen molar-refractivity contribution in [2.24, 2.45) is 0 Å². The second-order valence-electron chi connectivity index (χ2n) is 5.32. The van der Waals surface area contributed by atoms with Crippen LogP contribution in [0.5, 0.6) is 11.5 Å². The third kappa shape index (κ3) is 3.58. The second kappa shape index (κ2) is 6.49. The van der Waals surface area contributed by atoms with Crippen molar-refractivity contribution in [3.8, 4) is 11.5 Å². The van der Waals surface area contributed by atoms with Gasteiger partial charge in [-0.15, -0.1) is 0 Å². The van der Waals surface area contributed by atoms with Gasteiger partial charge in [0.05, 0.1) is 25.6 Å². The molecule has 8 heteroatoms. The molecule has 1 aromatic carbocycles. The van der Waals surface area contributed by atoms with E-state index in [2.05, 4.69) is 9.82 Å². The summed E-state index contributed by atoms with van der Waals surface area (Å²) in [6.07, 6.45) is 1.53. The number of hydrogen-bond acceptors (Lipinski definition) is 5. The molecule has 0 saturated carbocycles. The highest BCUT2D eigenvalue weighted by Gasteiger charge is 2.22. The van der Waals surface area contributed by atoms with Crippen LogP contribution in [-0.4, -0.2) is 32.4 Å². The third-order valence-electron chi connectivity index (χ3n) is 3.34. The van der Waals surface area contributed by atoms with Gasteiger partial charge in [0.25, 0.3) is 10.0 Å². The number of methoxy groups -OCH3 is 2. The van der Waals surface area contributed by atoms with E-state index in [1.807, 2.05) is 13.8 Å². The van der Waals surface area contributed by atoms with Crippen LogP contribution in [0.15, 0.2) is 29.3 Å². The van der Waals surface area contributed by atoms with Crippen LogP contribution < -0.4 is 14.2 Å². The van der Waals surface area contributed by atoms with Gasteiger partial charge < -0.3 is 9.47 Å². The van der Waals surface area contributed by atoms with E-state index in [0.717, 1.165) is 0 Å². The van der Waals surface area contributed by atoms with E-state index in [0.29, 0.717) is 22.9 Å². The number of benzene rings is 1. The maximum Gasteiger partial charge on any atom is 0.265 e. The topological polar surface area (TPSA) is 82.5 Å². The second-order valence-corrected chi connectivity index (χ2v) is 6.98. The van der Waals surface area contributed by atoms with Gasteiger partial charge >= 0.3 is 0 Å². The van der Waals surface area contributed by atoms with Crippen molar-refractivity contribution in [2.75, 3.05) is 18.9 Å². The van der Waals surface area contributed by atoms with Crippen molar-refractivity contribution in [2.45, 2.75) is 31.7 Å². The van der Waals surface area contributed by atoms with E-state index >= 15 is 0 Å². The predicted octanol–water partition coefficient (Wildman–Crippen LogP) is 2.59. The number of aryl methyl sites for hydroxylation is 1. The molecule has 0 aliphatic rings. The van der Waals surface area contributed by atoms with Gasteiger partial charge in [-0.1, -0.05) is 0 Å². The molecule has 0 spiro atoms. The van der Waals surface area contributed by atoms with Crippen molar-refractivity contribution in [3.05, 3.63) is 30.1 Å². The van der Waals surface area contributed by atoms with E-state index in [-0.39, 0.29) is 10.9 Å². The van der Waals surface area contributed by atoms with Crippen molar-refractivity contribution < 1.29 is 17.9 Å². The Kier molecular flexibility index (Phi) is 4.84. The Morgan fingerprint density at radius 2 is 1.91 bits per heavy atom. The number of hydrogen-bond donors (Lipinski definition) is 1. The van der Waals surface area contributed by atoms with Crippen LogP contribution >= 0.6 is 0 Å². The molecule has 0 atom stereocenters. The molecule has 2 aromatic rings. The Morgan fingerprint density at radius 3 is 2.43 bits per heavy atom. The van der Waals surface area contributed by atoms with E-state index < -0.39 is 10.0 Å². The molecule has 0 amide bonds. The first-order valence-corrected chi connectivity index (χ1v) is 8.57. The Labute approximate surface area is 136 Å². The summed E-state index contributed by atoms with van der Waals surface area (Å²) >= 11 is 0. The summed E-state index contributed by atoms with van der Waals surface area (Å²) < 4.78 is 39.7. The highest BCUT2D eigenvalue weighted by Crippen LogP contribution is 2.31. The molecule has 0 fully saturated rings. The summed E-state index contributed by atoms with van der Waals surface area (Å²) in [6, 6.07) is 4.94. The maximum atomic E-state index is 12.6. The van der Waals surface area contributed by atoms with Crippen molar-refractivity contribution in [1.82, 2.24) is 9.78 Å². The predicted molar refractivity (Wildman–Crippen MR) is 87.7 cm³/mol. The summed E-state index contributed by atoms with van der Waals surface area (Å²) in [6.45, 7) is 5.53. The molecular weight excluding hydrogens is 318 g/mol. The van der Waals surface area contributed by atoms with Gasteiger partial charge in [0.1, 0.15) is 16.4 Å². The highest BCUT2D eigenvalue weighted by molar-refractivity contribution is 7.92. The van der Waals surface area contributed by atoms with E-state index in [1.54, 1.807) is 29.8 Å². The number of rotatable bonds is 6. The number of nitrogens with one attached hydrogen (secondary N) is 1. The summed E-state index contributed by atoms with van der Waals surface area (Å²) in [4.78, 5) is 0.143. The molecule has 0 bridgehead atoms. The zero-order valence-electron chi connectivity index (χ0n) is 13.8. The zero-order chi connectivity index (χ0) is 17.2. The monoisotopic (exact) mass is 339 g/mol.